The Hall–Kier alpha value is -2.49. The van der Waals surface area contributed by atoms with E-state index in [2.05, 4.69) is 16.3 Å². The molecule has 1 amide bonds. The lowest BCUT2D eigenvalue weighted by atomic mass is 10.2. The number of hydrogen-bond acceptors (Lipinski definition) is 3. The Kier molecular flexibility index (Phi) is 5.04. The lowest BCUT2D eigenvalue weighted by molar-refractivity contribution is -0.122. The monoisotopic (exact) mass is 324 g/mol. The minimum atomic E-state index is -0.556. The fourth-order valence-corrected chi connectivity index (χ4v) is 2.92. The number of benzene rings is 2. The van der Waals surface area contributed by atoms with Crippen molar-refractivity contribution in [2.75, 3.05) is 23.3 Å². The van der Waals surface area contributed by atoms with Gasteiger partial charge in [-0.1, -0.05) is 29.8 Å². The molecular weight excluding hydrogens is 300 g/mol. The van der Waals surface area contributed by atoms with Gasteiger partial charge >= 0.3 is 0 Å². The van der Waals surface area contributed by atoms with E-state index in [9.17, 15) is 4.79 Å². The van der Waals surface area contributed by atoms with Gasteiger partial charge in [0.15, 0.2) is 6.10 Å². The summed E-state index contributed by atoms with van der Waals surface area (Å²) in [5.74, 6) is 0.568. The highest BCUT2D eigenvalue weighted by molar-refractivity contribution is 5.97. The van der Waals surface area contributed by atoms with Crippen molar-refractivity contribution in [1.82, 2.24) is 0 Å². The Bertz CT molecular complexity index is 691. The van der Waals surface area contributed by atoms with Gasteiger partial charge in [0.2, 0.25) is 0 Å². The van der Waals surface area contributed by atoms with E-state index in [1.807, 2.05) is 49.4 Å². The van der Waals surface area contributed by atoms with Gasteiger partial charge in [-0.05, 0) is 51.0 Å². The van der Waals surface area contributed by atoms with Gasteiger partial charge in [-0.15, -0.1) is 0 Å². The minimum Gasteiger partial charge on any atom is -0.481 e. The first-order chi connectivity index (χ1) is 11.6. The quantitative estimate of drug-likeness (QED) is 0.904. The van der Waals surface area contributed by atoms with Crippen molar-refractivity contribution in [2.24, 2.45) is 0 Å². The zero-order chi connectivity index (χ0) is 16.9. The maximum Gasteiger partial charge on any atom is 0.265 e. The number of hydrogen-bond donors (Lipinski definition) is 1. The Morgan fingerprint density at radius 3 is 2.46 bits per heavy atom. The first-order valence-electron chi connectivity index (χ1n) is 8.51. The molecular formula is C20H24N2O2. The molecule has 1 unspecified atom stereocenters. The average Bonchev–Trinajstić information content (AvgIpc) is 3.11. The molecule has 0 radical (unpaired) electrons. The van der Waals surface area contributed by atoms with E-state index in [0.717, 1.165) is 24.5 Å². The molecule has 1 atom stereocenters. The van der Waals surface area contributed by atoms with Crippen LogP contribution in [0.15, 0.2) is 48.5 Å². The molecule has 24 heavy (non-hydrogen) atoms. The molecule has 126 valence electrons. The minimum absolute atomic E-state index is 0.137. The van der Waals surface area contributed by atoms with Crippen molar-refractivity contribution >= 4 is 17.3 Å². The first-order valence-corrected chi connectivity index (χ1v) is 8.51. The molecule has 0 spiro atoms. The van der Waals surface area contributed by atoms with Gasteiger partial charge in [-0.25, -0.2) is 0 Å². The molecule has 1 fully saturated rings. The summed E-state index contributed by atoms with van der Waals surface area (Å²) in [6.07, 6.45) is 1.85. The van der Waals surface area contributed by atoms with Gasteiger partial charge in [0, 0.05) is 13.1 Å². The highest BCUT2D eigenvalue weighted by atomic mass is 16.5. The van der Waals surface area contributed by atoms with Gasteiger partial charge in [-0.3, -0.25) is 4.79 Å². The zero-order valence-electron chi connectivity index (χ0n) is 14.3. The summed E-state index contributed by atoms with van der Waals surface area (Å²) < 4.78 is 5.74. The van der Waals surface area contributed by atoms with Crippen LogP contribution in [0.25, 0.3) is 0 Å². The van der Waals surface area contributed by atoms with Crippen LogP contribution in [0.3, 0.4) is 0 Å². The number of para-hydroxylation sites is 2. The van der Waals surface area contributed by atoms with Crippen molar-refractivity contribution in [2.45, 2.75) is 32.8 Å². The van der Waals surface area contributed by atoms with Crippen molar-refractivity contribution in [1.29, 1.82) is 0 Å². The molecule has 0 aromatic heterocycles. The molecule has 0 saturated carbocycles. The maximum absolute atomic E-state index is 12.5. The second kappa shape index (κ2) is 7.39. The number of carbonyl (C=O) groups is 1. The van der Waals surface area contributed by atoms with Crippen molar-refractivity contribution in [3.05, 3.63) is 54.1 Å². The number of amides is 1. The molecule has 4 nitrogen and oxygen atoms in total. The molecule has 1 heterocycles. The smallest absolute Gasteiger partial charge is 0.265 e. The van der Waals surface area contributed by atoms with Crippen LogP contribution < -0.4 is 15.0 Å². The topological polar surface area (TPSA) is 41.6 Å². The SMILES string of the molecule is Cc1ccc(OC(C)C(=O)Nc2ccccc2N2CCCC2)cc1. The lowest BCUT2D eigenvalue weighted by Gasteiger charge is -2.22. The second-order valence-corrected chi connectivity index (χ2v) is 6.27. The Morgan fingerprint density at radius 2 is 1.75 bits per heavy atom. The summed E-state index contributed by atoms with van der Waals surface area (Å²) in [4.78, 5) is 14.8. The molecule has 1 aliphatic heterocycles. The van der Waals surface area contributed by atoms with E-state index in [1.165, 1.54) is 18.4 Å². The molecule has 1 N–H and O–H groups in total. The fraction of sp³-hybridized carbons (Fsp3) is 0.350. The van der Waals surface area contributed by atoms with Crippen molar-refractivity contribution in [3.63, 3.8) is 0 Å². The summed E-state index contributed by atoms with van der Waals surface area (Å²) >= 11 is 0. The fourth-order valence-electron chi connectivity index (χ4n) is 2.92. The van der Waals surface area contributed by atoms with Crippen LogP contribution in [0.4, 0.5) is 11.4 Å². The van der Waals surface area contributed by atoms with Crippen LogP contribution in [-0.2, 0) is 4.79 Å². The van der Waals surface area contributed by atoms with Gasteiger partial charge in [-0.2, -0.15) is 0 Å². The highest BCUT2D eigenvalue weighted by Crippen LogP contribution is 2.28. The predicted octanol–water partition coefficient (Wildman–Crippen LogP) is 4.00. The standard InChI is InChI=1S/C20H24N2O2/c1-15-9-11-17(12-10-15)24-16(2)20(23)21-18-7-3-4-8-19(18)22-13-5-6-14-22/h3-4,7-12,16H,5-6,13-14H2,1-2H3,(H,21,23). The maximum atomic E-state index is 12.5. The molecule has 0 bridgehead atoms. The van der Waals surface area contributed by atoms with E-state index in [0.29, 0.717) is 5.75 Å². The van der Waals surface area contributed by atoms with Crippen LogP contribution in [0, 0.1) is 6.92 Å². The average molecular weight is 324 g/mol. The Labute approximate surface area is 143 Å². The summed E-state index contributed by atoms with van der Waals surface area (Å²) in [6, 6.07) is 15.7. The summed E-state index contributed by atoms with van der Waals surface area (Å²) in [6.45, 7) is 5.88. The van der Waals surface area contributed by atoms with Crippen molar-refractivity contribution in [3.8, 4) is 5.75 Å². The number of carbonyl (C=O) groups excluding carboxylic acids is 1. The van der Waals surface area contributed by atoms with Gasteiger partial charge in [0.25, 0.3) is 5.91 Å². The zero-order valence-corrected chi connectivity index (χ0v) is 14.3. The van der Waals surface area contributed by atoms with Gasteiger partial charge in [0.1, 0.15) is 5.75 Å². The Balaban J connectivity index is 1.67. The number of anilines is 2. The molecule has 2 aromatic carbocycles. The van der Waals surface area contributed by atoms with Crippen LogP contribution in [-0.4, -0.2) is 25.1 Å². The van der Waals surface area contributed by atoms with Gasteiger partial charge in [0.05, 0.1) is 11.4 Å². The molecule has 2 aromatic rings. The number of nitrogens with zero attached hydrogens (tertiary/aromatic N) is 1. The van der Waals surface area contributed by atoms with E-state index in [-0.39, 0.29) is 5.91 Å². The normalized spacial score (nSPS) is 15.2. The molecule has 1 saturated heterocycles. The first kappa shape index (κ1) is 16.4. The second-order valence-electron chi connectivity index (χ2n) is 6.27. The number of ether oxygens (including phenoxy) is 1. The predicted molar refractivity (Wildman–Crippen MR) is 97.8 cm³/mol. The van der Waals surface area contributed by atoms with Crippen LogP contribution in [0.2, 0.25) is 0 Å². The lowest BCUT2D eigenvalue weighted by Crippen LogP contribution is -2.31. The third-order valence-corrected chi connectivity index (χ3v) is 4.31. The van der Waals surface area contributed by atoms with Crippen LogP contribution in [0.1, 0.15) is 25.3 Å². The molecule has 0 aliphatic carbocycles. The van der Waals surface area contributed by atoms with E-state index >= 15 is 0 Å². The molecule has 4 heteroatoms. The highest BCUT2D eigenvalue weighted by Gasteiger charge is 2.19. The summed E-state index contributed by atoms with van der Waals surface area (Å²) in [5, 5.41) is 3.01. The van der Waals surface area contributed by atoms with Crippen molar-refractivity contribution < 1.29 is 9.53 Å². The number of nitrogens with one attached hydrogen (secondary N) is 1. The molecule has 3 rings (SSSR count). The van der Waals surface area contributed by atoms with E-state index in [1.54, 1.807) is 6.92 Å². The van der Waals surface area contributed by atoms with Crippen LogP contribution >= 0.6 is 0 Å². The van der Waals surface area contributed by atoms with Gasteiger partial charge < -0.3 is 15.0 Å². The number of aryl methyl sites for hydroxylation is 1. The van der Waals surface area contributed by atoms with E-state index < -0.39 is 6.10 Å². The third kappa shape index (κ3) is 3.88. The summed E-state index contributed by atoms with van der Waals surface area (Å²) in [7, 11) is 0. The van der Waals surface area contributed by atoms with E-state index in [4.69, 9.17) is 4.74 Å². The Morgan fingerprint density at radius 1 is 1.08 bits per heavy atom. The third-order valence-electron chi connectivity index (χ3n) is 4.31. The summed E-state index contributed by atoms with van der Waals surface area (Å²) in [5.41, 5.74) is 3.11. The molecule has 1 aliphatic rings. The number of rotatable bonds is 5. The largest absolute Gasteiger partial charge is 0.481 e. The van der Waals surface area contributed by atoms with Crippen LogP contribution in [0.5, 0.6) is 5.75 Å².